The summed E-state index contributed by atoms with van der Waals surface area (Å²) in [4.78, 5) is 37.2. The van der Waals surface area contributed by atoms with E-state index in [2.05, 4.69) is 32.4 Å². The molecule has 1 aliphatic rings. The fourth-order valence-electron chi connectivity index (χ4n) is 4.23. The van der Waals surface area contributed by atoms with Crippen molar-refractivity contribution in [3.63, 3.8) is 0 Å². The number of nitrogens with one attached hydrogen (secondary N) is 2. The zero-order valence-electron chi connectivity index (χ0n) is 17.5. The first-order chi connectivity index (χ1) is 15.7. The van der Waals surface area contributed by atoms with Crippen molar-refractivity contribution in [2.45, 2.75) is 25.7 Å². The quantitative estimate of drug-likeness (QED) is 0.482. The first kappa shape index (κ1) is 19.9. The Bertz CT molecular complexity index is 1280. The molecule has 6 nitrogen and oxygen atoms in total. The van der Waals surface area contributed by atoms with E-state index in [1.165, 1.54) is 6.20 Å². The number of aromatic nitrogens is 3. The van der Waals surface area contributed by atoms with Gasteiger partial charge in [-0.2, -0.15) is 0 Å². The Hall–Kier alpha value is -4.06. The lowest BCUT2D eigenvalue weighted by Gasteiger charge is -2.12. The van der Waals surface area contributed by atoms with Crippen LogP contribution in [0.5, 0.6) is 0 Å². The van der Waals surface area contributed by atoms with Gasteiger partial charge in [0.1, 0.15) is 5.82 Å². The predicted molar refractivity (Wildman–Crippen MR) is 123 cm³/mol. The van der Waals surface area contributed by atoms with Gasteiger partial charge in [0.2, 0.25) is 0 Å². The fourth-order valence-corrected chi connectivity index (χ4v) is 4.23. The molecule has 0 atom stereocenters. The molecule has 0 saturated carbocycles. The Labute approximate surface area is 185 Å². The standard InChI is InChI=1S/C26H22N4O2/c31-22-10-4-9-21-24(22)20(14-17-6-2-1-3-7-17)25(29-21)18-11-13-28-23(15-18)30-26(32)19-8-5-12-27-16-19/h1-3,5-8,11-13,15-16,29H,4,9-10,14H2,(H,28,30,32). The molecule has 0 aliphatic heterocycles. The van der Waals surface area contributed by atoms with Crippen molar-refractivity contribution in [3.05, 3.63) is 101 Å². The molecule has 2 N–H and O–H groups in total. The van der Waals surface area contributed by atoms with Crippen LogP contribution < -0.4 is 5.32 Å². The van der Waals surface area contributed by atoms with Crippen LogP contribution in [0.2, 0.25) is 0 Å². The Morgan fingerprint density at radius 3 is 2.72 bits per heavy atom. The highest BCUT2D eigenvalue weighted by Crippen LogP contribution is 2.35. The van der Waals surface area contributed by atoms with E-state index in [4.69, 9.17) is 0 Å². The summed E-state index contributed by atoms with van der Waals surface area (Å²) in [6.45, 7) is 0. The maximum absolute atomic E-state index is 12.8. The molecular formula is C26H22N4O2. The number of carbonyl (C=O) groups is 2. The Kier molecular flexibility index (Phi) is 5.34. The van der Waals surface area contributed by atoms with Crippen LogP contribution in [0.25, 0.3) is 11.3 Å². The molecule has 1 amide bonds. The number of nitrogens with zero attached hydrogens (tertiary/aromatic N) is 2. The number of fused-ring (bicyclic) bond motifs is 1. The second-order valence-corrected chi connectivity index (χ2v) is 7.90. The second kappa shape index (κ2) is 8.59. The van der Waals surface area contributed by atoms with Gasteiger partial charge in [-0.15, -0.1) is 0 Å². The third-order valence-corrected chi connectivity index (χ3v) is 5.73. The fraction of sp³-hybridized carbons (Fsp3) is 0.154. The normalized spacial score (nSPS) is 12.9. The van der Waals surface area contributed by atoms with Gasteiger partial charge in [-0.25, -0.2) is 4.98 Å². The molecular weight excluding hydrogens is 400 g/mol. The number of carbonyl (C=O) groups excluding carboxylic acids is 2. The molecule has 5 rings (SSSR count). The summed E-state index contributed by atoms with van der Waals surface area (Å²) in [5.41, 5.74) is 6.24. The molecule has 4 aromatic rings. The number of amides is 1. The summed E-state index contributed by atoms with van der Waals surface area (Å²) >= 11 is 0. The highest BCUT2D eigenvalue weighted by molar-refractivity contribution is 6.04. The SMILES string of the molecule is O=C(Nc1cc(-c2[nH]c3c(c2Cc2ccccc2)C(=O)CCC3)ccn1)c1cccnc1. The number of aryl methyl sites for hydroxylation is 1. The smallest absolute Gasteiger partial charge is 0.258 e. The van der Waals surface area contributed by atoms with E-state index in [-0.39, 0.29) is 11.7 Å². The molecule has 0 unspecified atom stereocenters. The lowest BCUT2D eigenvalue weighted by molar-refractivity contribution is 0.0970. The summed E-state index contributed by atoms with van der Waals surface area (Å²) in [5, 5.41) is 2.84. The Morgan fingerprint density at radius 2 is 1.91 bits per heavy atom. The third kappa shape index (κ3) is 3.95. The van der Waals surface area contributed by atoms with Gasteiger partial charge in [0.15, 0.2) is 5.78 Å². The molecule has 158 valence electrons. The molecule has 1 aromatic carbocycles. The number of anilines is 1. The van der Waals surface area contributed by atoms with Crippen LogP contribution in [0.4, 0.5) is 5.82 Å². The molecule has 32 heavy (non-hydrogen) atoms. The van der Waals surface area contributed by atoms with E-state index in [0.717, 1.165) is 46.5 Å². The van der Waals surface area contributed by atoms with E-state index in [0.29, 0.717) is 24.2 Å². The predicted octanol–water partition coefficient (Wildman–Crippen LogP) is 4.83. The van der Waals surface area contributed by atoms with E-state index in [1.54, 1.807) is 24.5 Å². The minimum Gasteiger partial charge on any atom is -0.358 e. The van der Waals surface area contributed by atoms with Crippen LogP contribution in [0, 0.1) is 0 Å². The lowest BCUT2D eigenvalue weighted by atomic mass is 9.90. The zero-order chi connectivity index (χ0) is 21.9. The Balaban J connectivity index is 1.52. The maximum atomic E-state index is 12.8. The highest BCUT2D eigenvalue weighted by Gasteiger charge is 2.26. The monoisotopic (exact) mass is 422 g/mol. The zero-order valence-corrected chi connectivity index (χ0v) is 17.5. The molecule has 0 saturated heterocycles. The van der Waals surface area contributed by atoms with Gasteiger partial charge in [-0.05, 0) is 48.2 Å². The molecule has 0 radical (unpaired) electrons. The minimum absolute atomic E-state index is 0.193. The van der Waals surface area contributed by atoms with Crippen molar-refractivity contribution in [2.24, 2.45) is 0 Å². The van der Waals surface area contributed by atoms with Crippen molar-refractivity contribution in [1.29, 1.82) is 0 Å². The second-order valence-electron chi connectivity index (χ2n) is 7.90. The van der Waals surface area contributed by atoms with Gasteiger partial charge in [-0.3, -0.25) is 14.6 Å². The summed E-state index contributed by atoms with van der Waals surface area (Å²) < 4.78 is 0. The number of H-pyrrole nitrogens is 1. The van der Waals surface area contributed by atoms with Crippen LogP contribution in [-0.4, -0.2) is 26.6 Å². The van der Waals surface area contributed by atoms with Crippen LogP contribution in [-0.2, 0) is 12.8 Å². The molecule has 3 heterocycles. The van der Waals surface area contributed by atoms with Crippen LogP contribution in [0.1, 0.15) is 50.4 Å². The number of pyridine rings is 2. The van der Waals surface area contributed by atoms with Gasteiger partial charge >= 0.3 is 0 Å². The van der Waals surface area contributed by atoms with Gasteiger partial charge < -0.3 is 10.3 Å². The van der Waals surface area contributed by atoms with Crippen molar-refractivity contribution < 1.29 is 9.59 Å². The number of benzene rings is 1. The minimum atomic E-state index is -0.270. The van der Waals surface area contributed by atoms with Crippen LogP contribution >= 0.6 is 0 Å². The summed E-state index contributed by atoms with van der Waals surface area (Å²) in [5.74, 6) is 0.368. The number of hydrogen-bond acceptors (Lipinski definition) is 4. The average Bonchev–Trinajstić information content (AvgIpc) is 3.20. The topological polar surface area (TPSA) is 87.7 Å². The van der Waals surface area contributed by atoms with E-state index in [9.17, 15) is 9.59 Å². The number of hydrogen-bond donors (Lipinski definition) is 2. The maximum Gasteiger partial charge on any atom is 0.258 e. The number of Topliss-reactive ketones (excluding diaryl/α,β-unsaturated/α-hetero) is 1. The molecule has 3 aromatic heterocycles. The largest absolute Gasteiger partial charge is 0.358 e. The highest BCUT2D eigenvalue weighted by atomic mass is 16.1. The number of ketones is 1. The average molecular weight is 422 g/mol. The van der Waals surface area contributed by atoms with Crippen molar-refractivity contribution >= 4 is 17.5 Å². The first-order valence-corrected chi connectivity index (χ1v) is 10.7. The van der Waals surface area contributed by atoms with Crippen LogP contribution in [0.15, 0.2) is 73.2 Å². The van der Waals surface area contributed by atoms with E-state index >= 15 is 0 Å². The molecule has 0 spiro atoms. The van der Waals surface area contributed by atoms with Crippen molar-refractivity contribution in [1.82, 2.24) is 15.0 Å². The molecule has 0 fully saturated rings. The van der Waals surface area contributed by atoms with E-state index in [1.807, 2.05) is 30.3 Å². The number of aromatic amines is 1. The first-order valence-electron chi connectivity index (χ1n) is 10.7. The van der Waals surface area contributed by atoms with Gasteiger partial charge in [0.05, 0.1) is 11.3 Å². The summed E-state index contributed by atoms with van der Waals surface area (Å²) in [6.07, 6.45) is 7.77. The van der Waals surface area contributed by atoms with Crippen molar-refractivity contribution in [2.75, 3.05) is 5.32 Å². The molecule has 1 aliphatic carbocycles. The summed E-state index contributed by atoms with van der Waals surface area (Å²) in [6, 6.07) is 17.3. The lowest BCUT2D eigenvalue weighted by Crippen LogP contribution is -2.13. The van der Waals surface area contributed by atoms with Gasteiger partial charge in [-0.1, -0.05) is 30.3 Å². The van der Waals surface area contributed by atoms with Crippen molar-refractivity contribution in [3.8, 4) is 11.3 Å². The van der Waals surface area contributed by atoms with Crippen LogP contribution in [0.3, 0.4) is 0 Å². The Morgan fingerprint density at radius 1 is 1.03 bits per heavy atom. The third-order valence-electron chi connectivity index (χ3n) is 5.73. The van der Waals surface area contributed by atoms with Gasteiger partial charge in [0, 0.05) is 48.3 Å². The molecule has 6 heteroatoms. The van der Waals surface area contributed by atoms with E-state index < -0.39 is 0 Å². The summed E-state index contributed by atoms with van der Waals surface area (Å²) in [7, 11) is 0. The van der Waals surface area contributed by atoms with Gasteiger partial charge in [0.25, 0.3) is 5.91 Å². The number of rotatable bonds is 5. The molecule has 0 bridgehead atoms.